The summed E-state index contributed by atoms with van der Waals surface area (Å²) in [5, 5.41) is 2.90. The van der Waals surface area contributed by atoms with E-state index in [4.69, 9.17) is 0 Å². The zero-order chi connectivity index (χ0) is 17.5. The minimum absolute atomic E-state index is 0.0699. The number of carbonyl (C=O) groups is 1. The molecule has 1 aromatic carbocycles. The number of hydrogen-bond acceptors (Lipinski definition) is 3. The van der Waals surface area contributed by atoms with Gasteiger partial charge in [-0.3, -0.25) is 9.10 Å². The Hall–Kier alpha value is -1.70. The Morgan fingerprint density at radius 1 is 1.25 bits per heavy atom. The Morgan fingerprint density at radius 3 is 2.54 bits per heavy atom. The highest BCUT2D eigenvalue weighted by Crippen LogP contribution is 2.44. The van der Waals surface area contributed by atoms with E-state index in [1.165, 1.54) is 6.42 Å². The summed E-state index contributed by atoms with van der Waals surface area (Å²) in [6.45, 7) is -0.447. The van der Waals surface area contributed by atoms with Crippen LogP contribution in [0.3, 0.4) is 0 Å². The van der Waals surface area contributed by atoms with Gasteiger partial charge in [-0.15, -0.1) is 0 Å². The van der Waals surface area contributed by atoms with Gasteiger partial charge in [-0.25, -0.2) is 17.2 Å². The number of sulfonamides is 1. The first-order valence-corrected chi connectivity index (χ1v) is 9.81. The highest BCUT2D eigenvalue weighted by molar-refractivity contribution is 7.92. The molecule has 0 radical (unpaired) electrons. The highest BCUT2D eigenvalue weighted by atomic mass is 32.2. The molecule has 0 spiro atoms. The van der Waals surface area contributed by atoms with E-state index in [2.05, 4.69) is 5.32 Å². The van der Waals surface area contributed by atoms with Crippen molar-refractivity contribution in [3.8, 4) is 0 Å². The number of nitrogens with zero attached hydrogens (tertiary/aromatic N) is 1. The van der Waals surface area contributed by atoms with Gasteiger partial charge in [-0.1, -0.05) is 6.42 Å². The minimum Gasteiger partial charge on any atom is -0.352 e. The first-order valence-electron chi connectivity index (χ1n) is 7.96. The van der Waals surface area contributed by atoms with Crippen molar-refractivity contribution >= 4 is 21.6 Å². The lowest BCUT2D eigenvalue weighted by Crippen LogP contribution is -2.45. The average Bonchev–Trinajstić information content (AvgIpc) is 3.09. The van der Waals surface area contributed by atoms with E-state index in [1.54, 1.807) is 0 Å². The van der Waals surface area contributed by atoms with Crippen molar-refractivity contribution < 1.29 is 22.0 Å². The third-order valence-electron chi connectivity index (χ3n) is 4.96. The second-order valence-electron chi connectivity index (χ2n) is 6.72. The summed E-state index contributed by atoms with van der Waals surface area (Å²) in [6, 6.07) is 2.85. The van der Waals surface area contributed by atoms with Gasteiger partial charge in [0.1, 0.15) is 6.54 Å². The van der Waals surface area contributed by atoms with Crippen LogP contribution in [0, 0.1) is 23.5 Å². The molecule has 3 rings (SSSR count). The number of rotatable bonds is 5. The van der Waals surface area contributed by atoms with Gasteiger partial charge in [-0.2, -0.15) is 0 Å². The molecule has 2 bridgehead atoms. The molecule has 0 saturated heterocycles. The summed E-state index contributed by atoms with van der Waals surface area (Å²) < 4.78 is 51.2. The van der Waals surface area contributed by atoms with Crippen LogP contribution in [0.1, 0.15) is 25.7 Å². The maximum absolute atomic E-state index is 13.4. The number of hydrogen-bond donors (Lipinski definition) is 1. The van der Waals surface area contributed by atoms with Gasteiger partial charge in [0.15, 0.2) is 11.6 Å². The predicted octanol–water partition coefficient (Wildman–Crippen LogP) is 2.04. The molecule has 2 aliphatic rings. The first kappa shape index (κ1) is 17.1. The number of halogens is 2. The molecular weight excluding hydrogens is 338 g/mol. The molecule has 0 aliphatic heterocycles. The van der Waals surface area contributed by atoms with Crippen LogP contribution < -0.4 is 9.62 Å². The molecule has 0 unspecified atom stereocenters. The molecule has 24 heavy (non-hydrogen) atoms. The Labute approximate surface area is 140 Å². The normalized spacial score (nSPS) is 25.7. The van der Waals surface area contributed by atoms with Gasteiger partial charge >= 0.3 is 0 Å². The van der Waals surface area contributed by atoms with E-state index in [0.29, 0.717) is 11.8 Å². The largest absolute Gasteiger partial charge is 0.352 e. The second kappa shape index (κ2) is 6.31. The monoisotopic (exact) mass is 358 g/mol. The first-order chi connectivity index (χ1) is 11.2. The molecule has 1 amide bonds. The highest BCUT2D eigenvalue weighted by Gasteiger charge is 2.40. The van der Waals surface area contributed by atoms with Crippen molar-refractivity contribution in [2.45, 2.75) is 31.7 Å². The molecule has 5 nitrogen and oxygen atoms in total. The van der Waals surface area contributed by atoms with Crippen molar-refractivity contribution in [3.63, 3.8) is 0 Å². The minimum atomic E-state index is -3.80. The molecule has 1 aromatic rings. The van der Waals surface area contributed by atoms with E-state index >= 15 is 0 Å². The van der Waals surface area contributed by atoms with Gasteiger partial charge in [0, 0.05) is 12.1 Å². The van der Waals surface area contributed by atoms with Crippen LogP contribution in [-0.4, -0.2) is 33.2 Å². The van der Waals surface area contributed by atoms with E-state index in [1.807, 2.05) is 0 Å². The van der Waals surface area contributed by atoms with Gasteiger partial charge in [-0.05, 0) is 43.2 Å². The zero-order valence-electron chi connectivity index (χ0n) is 13.3. The molecular formula is C16H20F2N2O3S. The summed E-state index contributed by atoms with van der Waals surface area (Å²) in [5.74, 6) is -1.54. The molecule has 1 N–H and O–H groups in total. The molecule has 2 fully saturated rings. The lowest BCUT2D eigenvalue weighted by molar-refractivity contribution is -0.120. The van der Waals surface area contributed by atoms with Crippen molar-refractivity contribution in [1.82, 2.24) is 5.32 Å². The zero-order valence-corrected chi connectivity index (χ0v) is 14.2. The van der Waals surface area contributed by atoms with Crippen LogP contribution in [0.4, 0.5) is 14.5 Å². The third-order valence-corrected chi connectivity index (χ3v) is 6.10. The standard InChI is InChI=1S/C16H20F2N2O3S/c1-24(22,23)20(12-4-5-13(17)14(18)8-12)9-16(21)19-15-7-10-2-3-11(15)6-10/h4-5,8,10-11,15H,2-3,6-7,9H2,1H3,(H,19,21)/t10-,11-,15+/m0/s1. The summed E-state index contributed by atoms with van der Waals surface area (Å²) in [7, 11) is -3.80. The quantitative estimate of drug-likeness (QED) is 0.876. The van der Waals surface area contributed by atoms with Crippen molar-refractivity contribution in [2.75, 3.05) is 17.1 Å². The fraction of sp³-hybridized carbons (Fsp3) is 0.562. The van der Waals surface area contributed by atoms with Gasteiger partial charge in [0.25, 0.3) is 0 Å². The predicted molar refractivity (Wildman–Crippen MR) is 85.9 cm³/mol. The van der Waals surface area contributed by atoms with Gasteiger partial charge in [0.2, 0.25) is 15.9 Å². The van der Waals surface area contributed by atoms with Crippen LogP contribution in [0.15, 0.2) is 18.2 Å². The fourth-order valence-corrected chi connectivity index (χ4v) is 4.69. The van der Waals surface area contributed by atoms with Gasteiger partial charge in [0.05, 0.1) is 11.9 Å². The Bertz CT molecular complexity index is 754. The summed E-state index contributed by atoms with van der Waals surface area (Å²) in [4.78, 5) is 12.3. The Balaban J connectivity index is 1.72. The maximum atomic E-state index is 13.4. The number of amides is 1. The van der Waals surface area contributed by atoms with Crippen molar-refractivity contribution in [1.29, 1.82) is 0 Å². The Kier molecular flexibility index (Phi) is 4.50. The van der Waals surface area contributed by atoms with Crippen LogP contribution in [0.2, 0.25) is 0 Å². The third kappa shape index (κ3) is 3.53. The van der Waals surface area contributed by atoms with Crippen LogP contribution >= 0.6 is 0 Å². The topological polar surface area (TPSA) is 66.5 Å². The van der Waals surface area contributed by atoms with Crippen molar-refractivity contribution in [2.24, 2.45) is 11.8 Å². The average molecular weight is 358 g/mol. The van der Waals surface area contributed by atoms with E-state index in [0.717, 1.165) is 48.0 Å². The van der Waals surface area contributed by atoms with E-state index in [9.17, 15) is 22.0 Å². The van der Waals surface area contributed by atoms with Crippen LogP contribution in [0.25, 0.3) is 0 Å². The smallest absolute Gasteiger partial charge is 0.241 e. The molecule has 2 aliphatic carbocycles. The molecule has 3 atom stereocenters. The van der Waals surface area contributed by atoms with Crippen LogP contribution in [0.5, 0.6) is 0 Å². The van der Waals surface area contributed by atoms with Gasteiger partial charge < -0.3 is 5.32 Å². The molecule has 0 aromatic heterocycles. The lowest BCUT2D eigenvalue weighted by Gasteiger charge is -2.26. The maximum Gasteiger partial charge on any atom is 0.241 e. The number of benzene rings is 1. The van der Waals surface area contributed by atoms with Crippen molar-refractivity contribution in [3.05, 3.63) is 29.8 Å². The summed E-state index contributed by atoms with van der Waals surface area (Å²) >= 11 is 0. The number of anilines is 1. The molecule has 8 heteroatoms. The Morgan fingerprint density at radius 2 is 2.00 bits per heavy atom. The fourth-order valence-electron chi connectivity index (χ4n) is 3.84. The SMILES string of the molecule is CS(=O)(=O)N(CC(=O)N[C@@H]1C[C@H]2CC[C@H]1C2)c1ccc(F)c(F)c1. The lowest BCUT2D eigenvalue weighted by atomic mass is 9.95. The number of fused-ring (bicyclic) bond motifs is 2. The summed E-state index contributed by atoms with van der Waals surface area (Å²) in [5.41, 5.74) is -0.0699. The molecule has 0 heterocycles. The van der Waals surface area contributed by atoms with E-state index in [-0.39, 0.29) is 11.7 Å². The number of nitrogens with one attached hydrogen (secondary N) is 1. The molecule has 132 valence electrons. The van der Waals surface area contributed by atoms with E-state index < -0.39 is 34.1 Å². The summed E-state index contributed by atoms with van der Waals surface area (Å²) in [6.07, 6.45) is 5.26. The van der Waals surface area contributed by atoms with Crippen LogP contribution in [-0.2, 0) is 14.8 Å². The molecule has 2 saturated carbocycles. The number of carbonyl (C=O) groups excluding carboxylic acids is 1. The second-order valence-corrected chi connectivity index (χ2v) is 8.62.